The Labute approximate surface area is 106 Å². The van der Waals surface area contributed by atoms with E-state index in [-0.39, 0.29) is 0 Å². The first-order chi connectivity index (χ1) is 6.39. The van der Waals surface area contributed by atoms with E-state index in [1.165, 1.54) is 22.6 Å². The normalized spacial score (nSPS) is 13.1. The SMILES string of the molecule is FC(F)(F)C(I)=Nc1ccc(I)cc1. The highest BCUT2D eigenvalue weighted by Crippen LogP contribution is 2.25. The maximum absolute atomic E-state index is 12.1. The summed E-state index contributed by atoms with van der Waals surface area (Å²) in [6, 6.07) is 6.51. The van der Waals surface area contributed by atoms with Crippen LogP contribution in [-0.2, 0) is 0 Å². The monoisotopic (exact) mass is 425 g/mol. The van der Waals surface area contributed by atoms with Crippen molar-refractivity contribution in [3.05, 3.63) is 27.8 Å². The number of alkyl halides is 3. The Morgan fingerprint density at radius 3 is 2.07 bits per heavy atom. The second-order valence-electron chi connectivity index (χ2n) is 2.38. The lowest BCUT2D eigenvalue weighted by Crippen LogP contribution is -2.15. The first-order valence-corrected chi connectivity index (χ1v) is 5.62. The van der Waals surface area contributed by atoms with Gasteiger partial charge in [0, 0.05) is 3.57 Å². The minimum atomic E-state index is -4.36. The summed E-state index contributed by atoms with van der Waals surface area (Å²) in [4.78, 5) is 3.45. The van der Waals surface area contributed by atoms with Gasteiger partial charge >= 0.3 is 6.18 Å². The largest absolute Gasteiger partial charge is 0.439 e. The number of benzene rings is 1. The number of aliphatic imine (C=N–C) groups is 1. The molecule has 0 radical (unpaired) electrons. The van der Waals surface area contributed by atoms with Crippen LogP contribution >= 0.6 is 45.2 Å². The van der Waals surface area contributed by atoms with Crippen LogP contribution in [-0.4, -0.2) is 9.89 Å². The molecule has 0 N–H and O–H groups in total. The maximum atomic E-state index is 12.1. The molecule has 14 heavy (non-hydrogen) atoms. The zero-order chi connectivity index (χ0) is 10.8. The average molecular weight is 425 g/mol. The molecule has 0 unspecified atom stereocenters. The van der Waals surface area contributed by atoms with Crippen LogP contribution in [0, 0.1) is 3.57 Å². The van der Waals surface area contributed by atoms with Crippen LogP contribution in [0.2, 0.25) is 0 Å². The number of nitrogens with zero attached hydrogens (tertiary/aromatic N) is 1. The summed E-state index contributed by atoms with van der Waals surface area (Å²) in [6.45, 7) is 0. The summed E-state index contributed by atoms with van der Waals surface area (Å²) >= 11 is 3.26. The van der Waals surface area contributed by atoms with Crippen molar-refractivity contribution in [1.82, 2.24) is 0 Å². The first-order valence-electron chi connectivity index (χ1n) is 3.46. The molecule has 1 aromatic carbocycles. The van der Waals surface area contributed by atoms with Crippen molar-refractivity contribution in [1.29, 1.82) is 0 Å². The van der Waals surface area contributed by atoms with Crippen molar-refractivity contribution in [2.45, 2.75) is 6.18 Å². The highest BCUT2D eigenvalue weighted by molar-refractivity contribution is 14.1. The summed E-state index contributed by atoms with van der Waals surface area (Å²) in [6.07, 6.45) is -4.36. The molecule has 6 heteroatoms. The van der Waals surface area contributed by atoms with Crippen molar-refractivity contribution in [3.63, 3.8) is 0 Å². The lowest BCUT2D eigenvalue weighted by atomic mass is 10.3. The van der Waals surface area contributed by atoms with E-state index in [4.69, 9.17) is 0 Å². The van der Waals surface area contributed by atoms with Crippen molar-refractivity contribution < 1.29 is 13.2 Å². The molecular weight excluding hydrogens is 421 g/mol. The van der Waals surface area contributed by atoms with Gasteiger partial charge in [-0.1, -0.05) is 0 Å². The van der Waals surface area contributed by atoms with Crippen LogP contribution in [0.15, 0.2) is 29.3 Å². The van der Waals surface area contributed by atoms with Gasteiger partial charge in [-0.15, -0.1) is 0 Å². The molecule has 0 atom stereocenters. The van der Waals surface area contributed by atoms with Crippen LogP contribution < -0.4 is 0 Å². The number of rotatable bonds is 1. The van der Waals surface area contributed by atoms with Crippen molar-refractivity contribution in [3.8, 4) is 0 Å². The van der Waals surface area contributed by atoms with E-state index in [1.54, 1.807) is 24.3 Å². The summed E-state index contributed by atoms with van der Waals surface area (Å²) in [5.74, 6) is 0. The van der Waals surface area contributed by atoms with Gasteiger partial charge in [-0.25, -0.2) is 4.99 Å². The second-order valence-corrected chi connectivity index (χ2v) is 4.64. The summed E-state index contributed by atoms with van der Waals surface area (Å²) in [7, 11) is 0. The Hall–Kier alpha value is 0.140. The van der Waals surface area contributed by atoms with Gasteiger partial charge in [0.15, 0.2) is 3.72 Å². The van der Waals surface area contributed by atoms with Gasteiger partial charge in [-0.05, 0) is 69.4 Å². The number of hydrogen-bond acceptors (Lipinski definition) is 1. The van der Waals surface area contributed by atoms with E-state index >= 15 is 0 Å². The molecular formula is C8H4F3I2N. The van der Waals surface area contributed by atoms with E-state index in [1.807, 2.05) is 0 Å². The third-order valence-electron chi connectivity index (χ3n) is 1.29. The predicted molar refractivity (Wildman–Crippen MR) is 66.3 cm³/mol. The maximum Gasteiger partial charge on any atom is 0.439 e. The smallest absolute Gasteiger partial charge is 0.238 e. The van der Waals surface area contributed by atoms with Crippen LogP contribution in [0.4, 0.5) is 18.9 Å². The van der Waals surface area contributed by atoms with Crippen LogP contribution in [0.3, 0.4) is 0 Å². The highest BCUT2D eigenvalue weighted by Gasteiger charge is 2.33. The minimum Gasteiger partial charge on any atom is -0.238 e. The molecule has 0 heterocycles. The fourth-order valence-electron chi connectivity index (χ4n) is 0.692. The van der Waals surface area contributed by atoms with Crippen LogP contribution in [0.5, 0.6) is 0 Å². The number of halogens is 5. The lowest BCUT2D eigenvalue weighted by Gasteiger charge is -2.03. The van der Waals surface area contributed by atoms with E-state index in [0.717, 1.165) is 3.57 Å². The molecule has 1 nitrogen and oxygen atoms in total. The van der Waals surface area contributed by atoms with Crippen LogP contribution in [0.25, 0.3) is 0 Å². The van der Waals surface area contributed by atoms with Crippen molar-refractivity contribution in [2.24, 2.45) is 4.99 Å². The summed E-state index contributed by atoms with van der Waals surface area (Å²) in [5, 5.41) is 0. The predicted octanol–water partition coefficient (Wildman–Crippen LogP) is 4.32. The third kappa shape index (κ3) is 3.71. The topological polar surface area (TPSA) is 12.4 Å². The Kier molecular flexibility index (Phi) is 4.16. The molecule has 1 rings (SSSR count). The minimum absolute atomic E-state index is 0.312. The number of hydrogen-bond donors (Lipinski definition) is 0. The first kappa shape index (κ1) is 12.2. The van der Waals surface area contributed by atoms with Gasteiger partial charge in [-0.3, -0.25) is 0 Å². The molecule has 1 aromatic rings. The second kappa shape index (κ2) is 4.77. The molecule has 0 amide bonds. The van der Waals surface area contributed by atoms with Crippen molar-refractivity contribution in [2.75, 3.05) is 0 Å². The molecule has 0 spiro atoms. The van der Waals surface area contributed by atoms with Crippen molar-refractivity contribution >= 4 is 54.6 Å². The fraction of sp³-hybridized carbons (Fsp3) is 0.125. The Morgan fingerprint density at radius 2 is 1.64 bits per heavy atom. The summed E-state index contributed by atoms with van der Waals surface area (Å²) < 4.78 is 36.3. The Balaban J connectivity index is 2.93. The van der Waals surface area contributed by atoms with Gasteiger partial charge < -0.3 is 0 Å². The molecule has 0 saturated heterocycles. The van der Waals surface area contributed by atoms with Gasteiger partial charge in [0.1, 0.15) is 0 Å². The van der Waals surface area contributed by atoms with Gasteiger partial charge in [0.25, 0.3) is 0 Å². The van der Waals surface area contributed by atoms with E-state index < -0.39 is 9.89 Å². The molecule has 76 valence electrons. The molecule has 0 bridgehead atoms. The molecule has 0 aliphatic rings. The van der Waals surface area contributed by atoms with E-state index in [9.17, 15) is 13.2 Å². The molecule has 0 saturated carbocycles. The van der Waals surface area contributed by atoms with Gasteiger partial charge in [0.05, 0.1) is 5.69 Å². The summed E-state index contributed by atoms with van der Waals surface area (Å²) in [5.41, 5.74) is 0.312. The quantitative estimate of drug-likeness (QED) is 0.470. The fourth-order valence-corrected chi connectivity index (χ4v) is 1.33. The Morgan fingerprint density at radius 1 is 1.14 bits per heavy atom. The molecule has 0 fully saturated rings. The van der Waals surface area contributed by atoms with E-state index in [2.05, 4.69) is 27.6 Å². The molecule has 0 aromatic heterocycles. The molecule has 0 aliphatic carbocycles. The standard InChI is InChI=1S/C8H4F3I2N/c9-8(10,11)7(13)14-6-3-1-5(12)2-4-6/h1-4H. The molecule has 0 aliphatic heterocycles. The highest BCUT2D eigenvalue weighted by atomic mass is 127. The average Bonchev–Trinajstić information content (AvgIpc) is 2.07. The zero-order valence-corrected chi connectivity index (χ0v) is 11.0. The third-order valence-corrected chi connectivity index (χ3v) is 2.86. The van der Waals surface area contributed by atoms with Gasteiger partial charge in [-0.2, -0.15) is 13.2 Å². The Bertz CT molecular complexity index is 343. The van der Waals surface area contributed by atoms with E-state index in [0.29, 0.717) is 5.69 Å². The van der Waals surface area contributed by atoms with Gasteiger partial charge in [0.2, 0.25) is 0 Å². The lowest BCUT2D eigenvalue weighted by molar-refractivity contribution is -0.0544. The zero-order valence-electron chi connectivity index (χ0n) is 6.65. The van der Waals surface area contributed by atoms with Crippen LogP contribution in [0.1, 0.15) is 0 Å².